The lowest BCUT2D eigenvalue weighted by Gasteiger charge is -2.00. The minimum atomic E-state index is -0.414. The fourth-order valence-corrected chi connectivity index (χ4v) is 3.33. The summed E-state index contributed by atoms with van der Waals surface area (Å²) in [4.78, 5) is 27.6. The number of nitro groups is 1. The topological polar surface area (TPSA) is 98.3 Å². The third kappa shape index (κ3) is 4.76. The Balaban J connectivity index is 1.55. The van der Waals surface area contributed by atoms with Crippen LogP contribution in [0.5, 0.6) is 0 Å². The number of hydrogen-bond acceptors (Lipinski definition) is 6. The molecule has 26 heavy (non-hydrogen) atoms. The fraction of sp³-hybridized carbons (Fsp3) is 0.222. The van der Waals surface area contributed by atoms with Crippen LogP contribution in [-0.4, -0.2) is 15.8 Å². The number of hydrogen-bond donors (Lipinski definition) is 1. The average Bonchev–Trinajstić information content (AvgIpc) is 3.22. The van der Waals surface area contributed by atoms with Gasteiger partial charge in [0.1, 0.15) is 11.5 Å². The van der Waals surface area contributed by atoms with Gasteiger partial charge in [0.05, 0.1) is 4.92 Å². The molecule has 2 aromatic heterocycles. The van der Waals surface area contributed by atoms with Crippen molar-refractivity contribution in [3.63, 3.8) is 0 Å². The number of carbonyl (C=O) groups is 1. The maximum Gasteiger partial charge on any atom is 0.269 e. The van der Waals surface area contributed by atoms with Gasteiger partial charge in [-0.1, -0.05) is 12.1 Å². The molecule has 0 spiro atoms. The highest BCUT2D eigenvalue weighted by molar-refractivity contribution is 7.15. The molecule has 0 saturated heterocycles. The van der Waals surface area contributed by atoms with Gasteiger partial charge in [0.2, 0.25) is 5.91 Å². The minimum Gasteiger partial charge on any atom is -0.466 e. The second-order valence-electron chi connectivity index (χ2n) is 5.80. The van der Waals surface area contributed by atoms with Crippen molar-refractivity contribution in [2.45, 2.75) is 26.2 Å². The molecule has 7 nitrogen and oxygen atoms in total. The molecule has 0 aliphatic carbocycles. The number of carbonyl (C=O) groups excluding carboxylic acids is 1. The highest BCUT2D eigenvalue weighted by Crippen LogP contribution is 2.23. The number of aryl methyl sites for hydroxylation is 2. The molecule has 134 valence electrons. The highest BCUT2D eigenvalue weighted by Gasteiger charge is 2.10. The summed E-state index contributed by atoms with van der Waals surface area (Å²) < 4.78 is 5.44. The molecule has 0 fully saturated rings. The first-order chi connectivity index (χ1) is 12.5. The Bertz CT molecular complexity index is 932. The first kappa shape index (κ1) is 17.8. The van der Waals surface area contributed by atoms with Crippen LogP contribution in [0.15, 0.2) is 47.0 Å². The summed E-state index contributed by atoms with van der Waals surface area (Å²) in [6.45, 7) is 1.86. The third-order valence-corrected chi connectivity index (χ3v) is 4.61. The van der Waals surface area contributed by atoms with E-state index in [1.165, 1.54) is 17.4 Å². The number of nitro benzene ring substituents is 1. The zero-order valence-corrected chi connectivity index (χ0v) is 14.9. The molecule has 8 heteroatoms. The zero-order valence-electron chi connectivity index (χ0n) is 14.1. The van der Waals surface area contributed by atoms with E-state index >= 15 is 0 Å². The lowest BCUT2D eigenvalue weighted by atomic mass is 10.1. The van der Waals surface area contributed by atoms with E-state index in [1.54, 1.807) is 18.3 Å². The fourth-order valence-electron chi connectivity index (χ4n) is 2.47. The molecule has 3 aromatic rings. The molecule has 0 bridgehead atoms. The third-order valence-electron chi connectivity index (χ3n) is 3.69. The van der Waals surface area contributed by atoms with Crippen LogP contribution < -0.4 is 5.32 Å². The maximum atomic E-state index is 12.0. The van der Waals surface area contributed by atoms with E-state index in [9.17, 15) is 14.9 Å². The van der Waals surface area contributed by atoms with Gasteiger partial charge in [-0.15, -0.1) is 11.3 Å². The number of amides is 1. The average molecular weight is 371 g/mol. The van der Waals surface area contributed by atoms with Gasteiger partial charge in [0.25, 0.3) is 5.69 Å². The first-order valence-corrected chi connectivity index (χ1v) is 8.84. The Labute approximate surface area is 153 Å². The number of non-ortho nitro benzene ring substituents is 1. The summed E-state index contributed by atoms with van der Waals surface area (Å²) in [6, 6.07) is 10.2. The van der Waals surface area contributed by atoms with Crippen molar-refractivity contribution in [3.8, 4) is 0 Å². The zero-order chi connectivity index (χ0) is 18.5. The normalized spacial score (nSPS) is 10.7. The van der Waals surface area contributed by atoms with Gasteiger partial charge in [-0.25, -0.2) is 4.98 Å². The molecule has 0 saturated carbocycles. The Kier molecular flexibility index (Phi) is 5.43. The van der Waals surface area contributed by atoms with Crippen molar-refractivity contribution in [1.82, 2.24) is 4.98 Å². The van der Waals surface area contributed by atoms with Crippen LogP contribution in [-0.2, 0) is 17.6 Å². The SMILES string of the molecule is Cc1ccc(CCC(=O)Nc2ncc(Cc3cccc([N+](=O)[O-])c3)s2)o1. The molecular weight excluding hydrogens is 354 g/mol. The van der Waals surface area contributed by atoms with Crippen LogP contribution in [0.4, 0.5) is 10.8 Å². The summed E-state index contributed by atoms with van der Waals surface area (Å²) in [5, 5.41) is 14.1. The summed E-state index contributed by atoms with van der Waals surface area (Å²) in [5.41, 5.74) is 0.891. The lowest BCUT2D eigenvalue weighted by molar-refractivity contribution is -0.384. The number of anilines is 1. The molecular formula is C18H17N3O4S. The lowest BCUT2D eigenvalue weighted by Crippen LogP contribution is -2.11. The molecule has 0 atom stereocenters. The van der Waals surface area contributed by atoms with Crippen molar-refractivity contribution >= 4 is 28.1 Å². The molecule has 0 aliphatic heterocycles. The highest BCUT2D eigenvalue weighted by atomic mass is 32.1. The van der Waals surface area contributed by atoms with Crippen molar-refractivity contribution in [2.75, 3.05) is 5.32 Å². The monoisotopic (exact) mass is 371 g/mol. The van der Waals surface area contributed by atoms with E-state index in [2.05, 4.69) is 10.3 Å². The van der Waals surface area contributed by atoms with Gasteiger partial charge in [-0.2, -0.15) is 0 Å². The van der Waals surface area contributed by atoms with Crippen LogP contribution in [0, 0.1) is 17.0 Å². The summed E-state index contributed by atoms with van der Waals surface area (Å²) >= 11 is 1.36. The van der Waals surface area contributed by atoms with Crippen molar-refractivity contribution < 1.29 is 14.1 Å². The Hall–Kier alpha value is -3.00. The van der Waals surface area contributed by atoms with Crippen molar-refractivity contribution in [2.24, 2.45) is 0 Å². The van der Waals surface area contributed by atoms with Gasteiger partial charge in [0, 0.05) is 42.5 Å². The van der Waals surface area contributed by atoms with E-state index in [0.29, 0.717) is 24.4 Å². The van der Waals surface area contributed by atoms with Gasteiger partial charge in [0.15, 0.2) is 5.13 Å². The predicted molar refractivity (Wildman–Crippen MR) is 98.4 cm³/mol. The first-order valence-electron chi connectivity index (χ1n) is 8.03. The van der Waals surface area contributed by atoms with Gasteiger partial charge < -0.3 is 9.73 Å². The van der Waals surface area contributed by atoms with Crippen LogP contribution in [0.1, 0.15) is 28.4 Å². The number of furan rings is 1. The Morgan fingerprint density at radius 3 is 2.92 bits per heavy atom. The number of rotatable bonds is 7. The molecule has 0 unspecified atom stereocenters. The minimum absolute atomic E-state index is 0.0636. The second kappa shape index (κ2) is 7.92. The van der Waals surface area contributed by atoms with E-state index in [4.69, 9.17) is 4.42 Å². The molecule has 0 radical (unpaired) electrons. The van der Waals surface area contributed by atoms with Crippen LogP contribution in [0.3, 0.4) is 0 Å². The summed E-state index contributed by atoms with van der Waals surface area (Å²) in [6.07, 6.45) is 3.05. The van der Waals surface area contributed by atoms with E-state index < -0.39 is 4.92 Å². The van der Waals surface area contributed by atoms with E-state index in [1.807, 2.05) is 25.1 Å². The van der Waals surface area contributed by atoms with Crippen LogP contribution >= 0.6 is 11.3 Å². The van der Waals surface area contributed by atoms with Crippen molar-refractivity contribution in [3.05, 3.63) is 74.7 Å². The molecule has 0 aliphatic rings. The van der Waals surface area contributed by atoms with Gasteiger partial charge in [-0.3, -0.25) is 14.9 Å². The Morgan fingerprint density at radius 1 is 1.35 bits per heavy atom. The maximum absolute atomic E-state index is 12.0. The van der Waals surface area contributed by atoms with E-state index in [0.717, 1.165) is 22.0 Å². The standard InChI is InChI=1S/C18H17N3O4S/c1-12-5-6-15(25-12)7-8-17(22)20-18-19-11-16(26-18)10-13-3-2-4-14(9-13)21(23)24/h2-6,9,11H,7-8,10H2,1H3,(H,19,20,22). The molecule has 3 rings (SSSR count). The molecule has 1 amide bonds. The number of nitrogens with one attached hydrogen (secondary N) is 1. The number of aromatic nitrogens is 1. The predicted octanol–water partition coefficient (Wildman–Crippen LogP) is 4.11. The van der Waals surface area contributed by atoms with Gasteiger partial charge >= 0.3 is 0 Å². The number of nitrogens with zero attached hydrogens (tertiary/aromatic N) is 2. The summed E-state index contributed by atoms with van der Waals surface area (Å²) in [5.74, 6) is 1.48. The molecule has 1 aromatic carbocycles. The quantitative estimate of drug-likeness (QED) is 0.498. The number of thiazole rings is 1. The number of benzene rings is 1. The van der Waals surface area contributed by atoms with Crippen LogP contribution in [0.2, 0.25) is 0 Å². The second-order valence-corrected chi connectivity index (χ2v) is 6.91. The van der Waals surface area contributed by atoms with Crippen molar-refractivity contribution in [1.29, 1.82) is 0 Å². The van der Waals surface area contributed by atoms with E-state index in [-0.39, 0.29) is 11.6 Å². The molecule has 2 heterocycles. The van der Waals surface area contributed by atoms with Crippen LogP contribution in [0.25, 0.3) is 0 Å². The smallest absolute Gasteiger partial charge is 0.269 e. The van der Waals surface area contributed by atoms with Gasteiger partial charge in [-0.05, 0) is 24.6 Å². The largest absolute Gasteiger partial charge is 0.466 e. The summed E-state index contributed by atoms with van der Waals surface area (Å²) in [7, 11) is 0. The Morgan fingerprint density at radius 2 is 2.19 bits per heavy atom. The molecule has 1 N–H and O–H groups in total.